The van der Waals surface area contributed by atoms with Crippen molar-refractivity contribution in [2.75, 3.05) is 5.32 Å². The number of rotatable bonds is 6. The third-order valence-corrected chi connectivity index (χ3v) is 3.58. The molecule has 0 atom stereocenters. The molecule has 0 spiro atoms. The molecule has 130 valence electrons. The van der Waals surface area contributed by atoms with Gasteiger partial charge in [-0.1, -0.05) is 26.0 Å². The van der Waals surface area contributed by atoms with Crippen molar-refractivity contribution < 1.29 is 19.7 Å². The molecule has 0 bridgehead atoms. The van der Waals surface area contributed by atoms with Crippen molar-refractivity contribution >= 4 is 28.7 Å². The first-order valence-corrected chi connectivity index (χ1v) is 7.27. The molecule has 2 aromatic carbocycles. The lowest BCUT2D eigenvalue weighted by Gasteiger charge is -2.10. The highest BCUT2D eigenvalue weighted by molar-refractivity contribution is 5.93. The molecule has 0 saturated carbocycles. The summed E-state index contributed by atoms with van der Waals surface area (Å²) in [5.41, 5.74) is -0.801. The standard InChI is InChI=1S/C16H15N3O6/c1-9(2)10-3-5-12(6-4-10)17-15-13(18(22)23)7-11(16(20)21)8-14(15)19(24)25/h3-9,17H,1-2H3,(H,20,21). The molecule has 0 aliphatic rings. The summed E-state index contributed by atoms with van der Waals surface area (Å²) in [6, 6.07) is 8.48. The Bertz CT molecular complexity index is 810. The average molecular weight is 345 g/mol. The van der Waals surface area contributed by atoms with E-state index < -0.39 is 32.8 Å². The molecule has 9 nitrogen and oxygen atoms in total. The SMILES string of the molecule is CC(C)c1ccc(Nc2c([N+](=O)[O-])cc(C(=O)O)cc2[N+](=O)[O-])cc1. The summed E-state index contributed by atoms with van der Waals surface area (Å²) in [6.07, 6.45) is 0. The largest absolute Gasteiger partial charge is 0.478 e. The van der Waals surface area contributed by atoms with Gasteiger partial charge in [0.05, 0.1) is 15.4 Å². The van der Waals surface area contributed by atoms with Crippen LogP contribution in [0.15, 0.2) is 36.4 Å². The average Bonchev–Trinajstić information content (AvgIpc) is 2.54. The molecule has 25 heavy (non-hydrogen) atoms. The molecule has 0 radical (unpaired) electrons. The Morgan fingerprint density at radius 1 is 1.04 bits per heavy atom. The van der Waals surface area contributed by atoms with E-state index in [1.54, 1.807) is 24.3 Å². The number of benzene rings is 2. The van der Waals surface area contributed by atoms with Gasteiger partial charge in [-0.05, 0) is 23.6 Å². The van der Waals surface area contributed by atoms with Gasteiger partial charge in [0, 0.05) is 17.8 Å². The van der Waals surface area contributed by atoms with Crippen molar-refractivity contribution in [3.8, 4) is 0 Å². The van der Waals surface area contributed by atoms with Crippen LogP contribution in [0.2, 0.25) is 0 Å². The normalized spacial score (nSPS) is 10.5. The maximum Gasteiger partial charge on any atom is 0.336 e. The second-order valence-electron chi connectivity index (χ2n) is 5.61. The Morgan fingerprint density at radius 3 is 1.88 bits per heavy atom. The van der Waals surface area contributed by atoms with Crippen LogP contribution in [0.4, 0.5) is 22.7 Å². The van der Waals surface area contributed by atoms with E-state index in [-0.39, 0.29) is 11.6 Å². The molecule has 0 aromatic heterocycles. The van der Waals surface area contributed by atoms with Crippen molar-refractivity contribution in [3.05, 3.63) is 67.8 Å². The number of nitrogens with zero attached hydrogens (tertiary/aromatic N) is 2. The molecule has 0 amide bonds. The summed E-state index contributed by atoms with van der Waals surface area (Å²) in [7, 11) is 0. The number of anilines is 2. The predicted molar refractivity (Wildman–Crippen MR) is 90.5 cm³/mol. The van der Waals surface area contributed by atoms with E-state index >= 15 is 0 Å². The summed E-state index contributed by atoms with van der Waals surface area (Å²) in [5, 5.41) is 34.2. The fourth-order valence-electron chi connectivity index (χ4n) is 2.25. The molecule has 0 aliphatic heterocycles. The number of nitro benzene ring substituents is 2. The van der Waals surface area contributed by atoms with Crippen LogP contribution in [0.1, 0.15) is 35.7 Å². The summed E-state index contributed by atoms with van der Waals surface area (Å²) in [6.45, 7) is 4.01. The molecule has 0 unspecified atom stereocenters. The van der Waals surface area contributed by atoms with Crippen molar-refractivity contribution in [1.29, 1.82) is 0 Å². The predicted octanol–water partition coefficient (Wildman–Crippen LogP) is 4.07. The van der Waals surface area contributed by atoms with E-state index in [1.807, 2.05) is 13.8 Å². The first kappa shape index (κ1) is 17.9. The Morgan fingerprint density at radius 2 is 1.52 bits per heavy atom. The smallest absolute Gasteiger partial charge is 0.336 e. The number of aromatic carboxylic acids is 1. The van der Waals surface area contributed by atoms with Crippen LogP contribution in [-0.4, -0.2) is 20.9 Å². The Balaban J connectivity index is 2.56. The molecular formula is C16H15N3O6. The van der Waals surface area contributed by atoms with Crippen molar-refractivity contribution in [2.24, 2.45) is 0 Å². The van der Waals surface area contributed by atoms with Crippen LogP contribution in [0.25, 0.3) is 0 Å². The van der Waals surface area contributed by atoms with Gasteiger partial charge >= 0.3 is 17.3 Å². The molecule has 2 N–H and O–H groups in total. The highest BCUT2D eigenvalue weighted by atomic mass is 16.6. The van der Waals surface area contributed by atoms with E-state index in [9.17, 15) is 25.0 Å². The summed E-state index contributed by atoms with van der Waals surface area (Å²) < 4.78 is 0. The number of hydrogen-bond donors (Lipinski definition) is 2. The lowest BCUT2D eigenvalue weighted by Crippen LogP contribution is -2.06. The number of hydrogen-bond acceptors (Lipinski definition) is 6. The van der Waals surface area contributed by atoms with Gasteiger partial charge in [-0.15, -0.1) is 0 Å². The highest BCUT2D eigenvalue weighted by Gasteiger charge is 2.28. The van der Waals surface area contributed by atoms with Gasteiger partial charge in [-0.25, -0.2) is 4.79 Å². The first-order chi connectivity index (χ1) is 11.7. The Hall–Kier alpha value is -3.49. The Kier molecular flexibility index (Phi) is 4.97. The quantitative estimate of drug-likeness (QED) is 0.595. The number of nitro groups is 2. The topological polar surface area (TPSA) is 136 Å². The van der Waals surface area contributed by atoms with Crippen LogP contribution >= 0.6 is 0 Å². The van der Waals surface area contributed by atoms with E-state index in [0.717, 1.165) is 17.7 Å². The van der Waals surface area contributed by atoms with Crippen molar-refractivity contribution in [2.45, 2.75) is 19.8 Å². The van der Waals surface area contributed by atoms with Crippen LogP contribution in [0, 0.1) is 20.2 Å². The molecule has 2 rings (SSSR count). The minimum atomic E-state index is -1.49. The Labute approximate surface area is 142 Å². The third-order valence-electron chi connectivity index (χ3n) is 3.58. The van der Waals surface area contributed by atoms with Crippen LogP contribution in [0.3, 0.4) is 0 Å². The number of carboxylic acids is 1. The van der Waals surface area contributed by atoms with E-state index in [0.29, 0.717) is 5.69 Å². The maximum atomic E-state index is 11.3. The number of nitrogens with one attached hydrogen (secondary N) is 1. The van der Waals surface area contributed by atoms with Crippen molar-refractivity contribution in [3.63, 3.8) is 0 Å². The second-order valence-corrected chi connectivity index (χ2v) is 5.61. The fraction of sp³-hybridized carbons (Fsp3) is 0.188. The lowest BCUT2D eigenvalue weighted by molar-refractivity contribution is -0.392. The zero-order valence-electron chi connectivity index (χ0n) is 13.4. The van der Waals surface area contributed by atoms with Gasteiger partial charge in [-0.2, -0.15) is 0 Å². The molecule has 2 aromatic rings. The van der Waals surface area contributed by atoms with Crippen LogP contribution in [0.5, 0.6) is 0 Å². The van der Waals surface area contributed by atoms with Gasteiger partial charge < -0.3 is 10.4 Å². The zero-order chi connectivity index (χ0) is 18.7. The van der Waals surface area contributed by atoms with Gasteiger partial charge in [0.1, 0.15) is 0 Å². The summed E-state index contributed by atoms with van der Waals surface area (Å²) >= 11 is 0. The molecule has 9 heteroatoms. The molecule has 0 heterocycles. The maximum absolute atomic E-state index is 11.3. The highest BCUT2D eigenvalue weighted by Crippen LogP contribution is 2.38. The first-order valence-electron chi connectivity index (χ1n) is 7.27. The van der Waals surface area contributed by atoms with Crippen molar-refractivity contribution in [1.82, 2.24) is 0 Å². The van der Waals surface area contributed by atoms with E-state index in [2.05, 4.69) is 5.32 Å². The van der Waals surface area contributed by atoms with Crippen LogP contribution < -0.4 is 5.32 Å². The summed E-state index contributed by atoms with van der Waals surface area (Å²) in [5.74, 6) is -1.20. The minimum Gasteiger partial charge on any atom is -0.478 e. The molecule has 0 aliphatic carbocycles. The van der Waals surface area contributed by atoms with Gasteiger partial charge in [0.2, 0.25) is 0 Å². The monoisotopic (exact) mass is 345 g/mol. The third kappa shape index (κ3) is 3.89. The van der Waals surface area contributed by atoms with Gasteiger partial charge in [0.25, 0.3) is 0 Å². The zero-order valence-corrected chi connectivity index (χ0v) is 13.4. The summed E-state index contributed by atoms with van der Waals surface area (Å²) in [4.78, 5) is 31.9. The fourth-order valence-corrected chi connectivity index (χ4v) is 2.25. The number of carboxylic acid groups (broad SMARTS) is 1. The van der Waals surface area contributed by atoms with Gasteiger partial charge in [0.15, 0.2) is 5.69 Å². The van der Waals surface area contributed by atoms with E-state index in [1.165, 1.54) is 0 Å². The minimum absolute atomic E-state index is 0.285. The number of carbonyl (C=O) groups is 1. The van der Waals surface area contributed by atoms with Gasteiger partial charge in [-0.3, -0.25) is 20.2 Å². The second kappa shape index (κ2) is 6.95. The van der Waals surface area contributed by atoms with Crippen LogP contribution in [-0.2, 0) is 0 Å². The molecule has 0 fully saturated rings. The van der Waals surface area contributed by atoms with E-state index in [4.69, 9.17) is 5.11 Å². The molecule has 0 saturated heterocycles. The molecular weight excluding hydrogens is 330 g/mol. The lowest BCUT2D eigenvalue weighted by atomic mass is 10.0.